The molecule has 4 rings (SSSR count). The molecule has 5 nitrogen and oxygen atoms in total. The van der Waals surface area contributed by atoms with Gasteiger partial charge in [-0.05, 0) is 29.7 Å². The lowest BCUT2D eigenvalue weighted by molar-refractivity contribution is 0.603. The minimum Gasteiger partial charge on any atom is -0.277 e. The molecule has 0 unspecified atom stereocenters. The van der Waals surface area contributed by atoms with Crippen molar-refractivity contribution in [1.82, 2.24) is 0 Å². The topological polar surface area (TPSA) is 70.9 Å². The van der Waals surface area contributed by atoms with Crippen LogP contribution in [0.25, 0.3) is 10.8 Å². The second-order valence-electron chi connectivity index (χ2n) is 5.07. The summed E-state index contributed by atoms with van der Waals surface area (Å²) in [6.45, 7) is 0. The lowest BCUT2D eigenvalue weighted by atomic mass is 10.1. The zero-order chi connectivity index (χ0) is 16.0. The van der Waals surface area contributed by atoms with Gasteiger partial charge < -0.3 is 0 Å². The molecule has 0 aliphatic carbocycles. The van der Waals surface area contributed by atoms with E-state index in [1.54, 1.807) is 18.2 Å². The summed E-state index contributed by atoms with van der Waals surface area (Å²) in [5.41, 5.74) is 1.64. The average molecular weight is 388 g/mol. The van der Waals surface area contributed by atoms with Crippen LogP contribution < -0.4 is 4.72 Å². The summed E-state index contributed by atoms with van der Waals surface area (Å²) >= 11 is 3.48. The summed E-state index contributed by atoms with van der Waals surface area (Å²) in [6.07, 6.45) is 0. The molecular formula is C16H10BrN3O2S. The van der Waals surface area contributed by atoms with Crippen molar-refractivity contribution in [3.05, 3.63) is 59.1 Å². The first-order chi connectivity index (χ1) is 11.1. The third-order valence-electron chi connectivity index (χ3n) is 3.61. The van der Waals surface area contributed by atoms with Crippen LogP contribution in [0.2, 0.25) is 0 Å². The maximum Gasteiger partial charge on any atom is 0.262 e. The number of hydrogen-bond donors (Lipinski definition) is 1. The zero-order valence-electron chi connectivity index (χ0n) is 11.7. The molecule has 1 heterocycles. The Hall–Kier alpha value is -2.25. The summed E-state index contributed by atoms with van der Waals surface area (Å²) in [5.74, 6) is 0. The van der Waals surface area contributed by atoms with Crippen molar-refractivity contribution in [1.29, 1.82) is 0 Å². The van der Waals surface area contributed by atoms with Gasteiger partial charge in [-0.3, -0.25) is 4.72 Å². The van der Waals surface area contributed by atoms with E-state index < -0.39 is 10.0 Å². The summed E-state index contributed by atoms with van der Waals surface area (Å²) in [7, 11) is -3.55. The molecule has 23 heavy (non-hydrogen) atoms. The van der Waals surface area contributed by atoms with E-state index >= 15 is 0 Å². The van der Waals surface area contributed by atoms with Crippen molar-refractivity contribution >= 4 is 53.8 Å². The van der Waals surface area contributed by atoms with Gasteiger partial charge in [0.25, 0.3) is 10.0 Å². The van der Waals surface area contributed by atoms with Crippen molar-refractivity contribution in [3.63, 3.8) is 0 Å². The summed E-state index contributed by atoms with van der Waals surface area (Å²) in [4.78, 5) is 0.266. The molecule has 0 radical (unpaired) electrons. The SMILES string of the molecule is O=S1(=O)Nc2c(N=Nc3ccccc3)cc(Br)c3cccc1c23. The smallest absolute Gasteiger partial charge is 0.262 e. The number of sulfonamides is 1. The van der Waals surface area contributed by atoms with E-state index in [9.17, 15) is 8.42 Å². The molecule has 114 valence electrons. The van der Waals surface area contributed by atoms with Gasteiger partial charge in [-0.1, -0.05) is 46.3 Å². The molecule has 0 atom stereocenters. The molecule has 7 heteroatoms. The van der Waals surface area contributed by atoms with E-state index in [1.807, 2.05) is 36.4 Å². The predicted octanol–water partition coefficient (Wildman–Crippen LogP) is 5.13. The van der Waals surface area contributed by atoms with Crippen LogP contribution in [0.5, 0.6) is 0 Å². The minimum atomic E-state index is -3.55. The van der Waals surface area contributed by atoms with Gasteiger partial charge >= 0.3 is 0 Å². The highest BCUT2D eigenvalue weighted by molar-refractivity contribution is 9.10. The standard InChI is InChI=1S/C16H10BrN3O2S/c17-12-9-13(19-18-10-5-2-1-3-6-10)16-15-11(12)7-4-8-14(15)23(21,22)20-16/h1-9,20H. The number of benzene rings is 3. The van der Waals surface area contributed by atoms with E-state index in [4.69, 9.17) is 0 Å². The monoisotopic (exact) mass is 387 g/mol. The molecule has 0 saturated carbocycles. The average Bonchev–Trinajstić information content (AvgIpc) is 2.83. The Morgan fingerprint density at radius 1 is 0.957 bits per heavy atom. The number of anilines is 1. The summed E-state index contributed by atoms with van der Waals surface area (Å²) < 4.78 is 27.9. The van der Waals surface area contributed by atoms with Crippen molar-refractivity contribution < 1.29 is 8.42 Å². The molecule has 0 amide bonds. The molecule has 1 aliphatic heterocycles. The molecule has 1 aliphatic rings. The highest BCUT2D eigenvalue weighted by Crippen LogP contribution is 2.46. The molecular weight excluding hydrogens is 378 g/mol. The Kier molecular flexibility index (Phi) is 3.21. The fourth-order valence-electron chi connectivity index (χ4n) is 2.59. The van der Waals surface area contributed by atoms with Gasteiger partial charge in [0.2, 0.25) is 0 Å². The van der Waals surface area contributed by atoms with Crippen LogP contribution in [-0.2, 0) is 10.0 Å². The second kappa shape index (κ2) is 5.14. The van der Waals surface area contributed by atoms with Crippen LogP contribution in [0.4, 0.5) is 17.1 Å². The van der Waals surface area contributed by atoms with Crippen molar-refractivity contribution in [3.8, 4) is 0 Å². The normalized spacial score (nSPS) is 15.2. The fourth-order valence-corrected chi connectivity index (χ4v) is 4.46. The van der Waals surface area contributed by atoms with Crippen LogP contribution in [0.1, 0.15) is 0 Å². The van der Waals surface area contributed by atoms with Gasteiger partial charge in [0.05, 0.1) is 16.3 Å². The highest BCUT2D eigenvalue weighted by atomic mass is 79.9. The lowest BCUT2D eigenvalue weighted by Crippen LogP contribution is -2.06. The maximum atomic E-state index is 12.3. The van der Waals surface area contributed by atoms with Gasteiger partial charge in [0, 0.05) is 9.86 Å². The lowest BCUT2D eigenvalue weighted by Gasteiger charge is -2.05. The van der Waals surface area contributed by atoms with Gasteiger partial charge in [-0.2, -0.15) is 5.11 Å². The van der Waals surface area contributed by atoms with Crippen molar-refractivity contribution in [2.75, 3.05) is 4.72 Å². The van der Waals surface area contributed by atoms with Gasteiger partial charge in [0.1, 0.15) is 5.69 Å². The van der Waals surface area contributed by atoms with E-state index in [2.05, 4.69) is 30.9 Å². The first-order valence-corrected chi connectivity index (χ1v) is 9.09. The van der Waals surface area contributed by atoms with Crippen molar-refractivity contribution in [2.24, 2.45) is 10.2 Å². The highest BCUT2D eigenvalue weighted by Gasteiger charge is 2.30. The number of rotatable bonds is 2. The van der Waals surface area contributed by atoms with Gasteiger partial charge in [-0.25, -0.2) is 8.42 Å². The first kappa shape index (κ1) is 14.3. The van der Waals surface area contributed by atoms with E-state index in [1.165, 1.54) is 0 Å². The number of nitrogens with zero attached hydrogens (tertiary/aromatic N) is 2. The van der Waals surface area contributed by atoms with Crippen LogP contribution in [0, 0.1) is 0 Å². The maximum absolute atomic E-state index is 12.3. The van der Waals surface area contributed by atoms with Crippen LogP contribution in [0.15, 0.2) is 74.2 Å². The fraction of sp³-hybridized carbons (Fsp3) is 0. The van der Waals surface area contributed by atoms with Crippen LogP contribution in [-0.4, -0.2) is 8.42 Å². The zero-order valence-corrected chi connectivity index (χ0v) is 14.1. The van der Waals surface area contributed by atoms with E-state index in [-0.39, 0.29) is 4.90 Å². The number of azo groups is 1. The third-order valence-corrected chi connectivity index (χ3v) is 5.66. The Morgan fingerprint density at radius 2 is 1.74 bits per heavy atom. The molecule has 0 saturated heterocycles. The minimum absolute atomic E-state index is 0.266. The Morgan fingerprint density at radius 3 is 2.52 bits per heavy atom. The Balaban J connectivity index is 1.95. The Labute approximate surface area is 141 Å². The van der Waals surface area contributed by atoms with E-state index in [0.717, 1.165) is 9.86 Å². The molecule has 3 aromatic rings. The van der Waals surface area contributed by atoms with E-state index in [0.29, 0.717) is 22.4 Å². The number of halogens is 1. The number of hydrogen-bond acceptors (Lipinski definition) is 4. The van der Waals surface area contributed by atoms with Crippen LogP contribution >= 0.6 is 15.9 Å². The predicted molar refractivity (Wildman–Crippen MR) is 93.1 cm³/mol. The summed E-state index contributed by atoms with van der Waals surface area (Å²) in [5, 5.41) is 9.86. The first-order valence-electron chi connectivity index (χ1n) is 6.81. The van der Waals surface area contributed by atoms with Gasteiger partial charge in [0.15, 0.2) is 0 Å². The van der Waals surface area contributed by atoms with Gasteiger partial charge in [-0.15, -0.1) is 5.11 Å². The van der Waals surface area contributed by atoms with Crippen molar-refractivity contribution in [2.45, 2.75) is 4.90 Å². The largest absolute Gasteiger partial charge is 0.277 e. The Bertz CT molecular complexity index is 1060. The molecule has 0 aromatic heterocycles. The molecule has 0 spiro atoms. The molecule has 1 N–H and O–H groups in total. The van der Waals surface area contributed by atoms with Crippen LogP contribution in [0.3, 0.4) is 0 Å². The third kappa shape index (κ3) is 2.32. The molecule has 0 fully saturated rings. The second-order valence-corrected chi connectivity index (χ2v) is 7.58. The number of nitrogens with one attached hydrogen (secondary N) is 1. The quantitative estimate of drug-likeness (QED) is 0.618. The molecule has 3 aromatic carbocycles. The molecule has 0 bridgehead atoms. The summed E-state index contributed by atoms with van der Waals surface area (Å²) in [6, 6.07) is 16.2.